The van der Waals surface area contributed by atoms with Crippen molar-refractivity contribution in [2.45, 2.75) is 23.7 Å². The van der Waals surface area contributed by atoms with Crippen molar-refractivity contribution in [2.24, 2.45) is 0 Å². The van der Waals surface area contributed by atoms with Crippen LogP contribution in [0.5, 0.6) is 5.75 Å². The molecule has 0 aliphatic carbocycles. The monoisotopic (exact) mass is 371 g/mol. The lowest BCUT2D eigenvalue weighted by molar-refractivity contribution is 0.319. The summed E-state index contributed by atoms with van der Waals surface area (Å²) in [7, 11) is -2.13. The Morgan fingerprint density at radius 1 is 1.26 bits per heavy atom. The van der Waals surface area contributed by atoms with Gasteiger partial charge in [-0.2, -0.15) is 4.31 Å². The Balaban J connectivity index is 1.81. The average molecular weight is 372 g/mol. The van der Waals surface area contributed by atoms with Crippen LogP contribution < -0.4 is 4.74 Å². The Labute approximate surface area is 145 Å². The van der Waals surface area contributed by atoms with Crippen LogP contribution in [0.4, 0.5) is 0 Å². The molecule has 2 aromatic rings. The predicted molar refractivity (Wildman–Crippen MR) is 93.1 cm³/mol. The second-order valence-electron chi connectivity index (χ2n) is 5.49. The van der Waals surface area contributed by atoms with Gasteiger partial charge in [0.25, 0.3) is 0 Å². The van der Waals surface area contributed by atoms with E-state index in [-0.39, 0.29) is 4.90 Å². The largest absolute Gasteiger partial charge is 0.495 e. The van der Waals surface area contributed by atoms with E-state index in [9.17, 15) is 8.42 Å². The first kappa shape index (κ1) is 16.8. The Bertz CT molecular complexity index is 767. The molecule has 1 aromatic carbocycles. The minimum absolute atomic E-state index is 0.141. The quantitative estimate of drug-likeness (QED) is 0.816. The van der Waals surface area contributed by atoms with Gasteiger partial charge in [-0.3, -0.25) is 0 Å². The highest BCUT2D eigenvalue weighted by Gasteiger charge is 2.32. The van der Waals surface area contributed by atoms with Crippen molar-refractivity contribution in [3.63, 3.8) is 0 Å². The van der Waals surface area contributed by atoms with Crippen LogP contribution in [-0.2, 0) is 10.0 Å². The van der Waals surface area contributed by atoms with Gasteiger partial charge < -0.3 is 4.74 Å². The van der Waals surface area contributed by atoms with Gasteiger partial charge in [0.05, 0.1) is 7.11 Å². The molecular formula is C16H18ClNO3S2. The Morgan fingerprint density at radius 2 is 2.00 bits per heavy atom. The number of hydrogen-bond acceptors (Lipinski definition) is 4. The molecule has 1 aliphatic heterocycles. The smallest absolute Gasteiger partial charge is 0.246 e. The van der Waals surface area contributed by atoms with E-state index in [1.165, 1.54) is 22.4 Å². The summed E-state index contributed by atoms with van der Waals surface area (Å²) >= 11 is 7.71. The normalized spacial score (nSPS) is 17.3. The van der Waals surface area contributed by atoms with Crippen molar-refractivity contribution in [3.8, 4) is 5.75 Å². The molecule has 0 amide bonds. The third kappa shape index (κ3) is 3.40. The molecule has 0 saturated carbocycles. The van der Waals surface area contributed by atoms with Gasteiger partial charge in [-0.1, -0.05) is 17.7 Å². The van der Waals surface area contributed by atoms with Gasteiger partial charge in [-0.05, 0) is 48.4 Å². The van der Waals surface area contributed by atoms with Crippen molar-refractivity contribution in [2.75, 3.05) is 20.2 Å². The maximum atomic E-state index is 12.9. The summed E-state index contributed by atoms with van der Waals surface area (Å²) in [6.07, 6.45) is 1.67. The van der Waals surface area contributed by atoms with Crippen molar-refractivity contribution < 1.29 is 13.2 Å². The molecule has 1 aromatic heterocycles. The molecule has 4 nitrogen and oxygen atoms in total. The fourth-order valence-corrected chi connectivity index (χ4v) is 5.68. The molecule has 23 heavy (non-hydrogen) atoms. The molecular weight excluding hydrogens is 354 g/mol. The Kier molecular flexibility index (Phi) is 4.96. The molecule has 2 heterocycles. The van der Waals surface area contributed by atoms with E-state index in [4.69, 9.17) is 16.3 Å². The summed E-state index contributed by atoms with van der Waals surface area (Å²) in [6, 6.07) is 8.84. The average Bonchev–Trinajstić information content (AvgIpc) is 3.09. The van der Waals surface area contributed by atoms with E-state index in [0.717, 1.165) is 12.8 Å². The van der Waals surface area contributed by atoms with Gasteiger partial charge in [0.15, 0.2) is 0 Å². The van der Waals surface area contributed by atoms with Gasteiger partial charge in [-0.15, -0.1) is 11.3 Å². The molecule has 0 atom stereocenters. The first-order valence-corrected chi connectivity index (χ1v) is 10.1. The summed E-state index contributed by atoms with van der Waals surface area (Å²) in [5, 5.41) is 2.45. The van der Waals surface area contributed by atoms with Gasteiger partial charge in [0, 0.05) is 23.0 Å². The van der Waals surface area contributed by atoms with Gasteiger partial charge in [-0.25, -0.2) is 8.42 Å². The van der Waals surface area contributed by atoms with Crippen LogP contribution in [-0.4, -0.2) is 32.9 Å². The maximum absolute atomic E-state index is 12.9. The highest BCUT2D eigenvalue weighted by atomic mass is 35.5. The minimum atomic E-state index is -3.59. The van der Waals surface area contributed by atoms with Crippen LogP contribution in [0.2, 0.25) is 5.02 Å². The lowest BCUT2D eigenvalue weighted by Crippen LogP contribution is -2.37. The number of piperidine rings is 1. The number of halogens is 1. The number of sulfonamides is 1. The number of thiophene rings is 1. The highest BCUT2D eigenvalue weighted by molar-refractivity contribution is 7.89. The molecule has 0 radical (unpaired) electrons. The minimum Gasteiger partial charge on any atom is -0.495 e. The summed E-state index contributed by atoms with van der Waals surface area (Å²) in [5.74, 6) is 0.775. The highest BCUT2D eigenvalue weighted by Crippen LogP contribution is 2.35. The fraction of sp³-hybridized carbons (Fsp3) is 0.375. The zero-order chi connectivity index (χ0) is 16.4. The summed E-state index contributed by atoms with van der Waals surface area (Å²) in [4.78, 5) is 1.48. The molecule has 124 valence electrons. The first-order chi connectivity index (χ1) is 11.0. The number of ether oxygens (including phenoxy) is 1. The second-order valence-corrected chi connectivity index (χ2v) is 8.81. The van der Waals surface area contributed by atoms with Crippen molar-refractivity contribution in [1.82, 2.24) is 4.31 Å². The maximum Gasteiger partial charge on any atom is 0.246 e. The van der Waals surface area contributed by atoms with E-state index in [2.05, 4.69) is 11.4 Å². The van der Waals surface area contributed by atoms with Crippen molar-refractivity contribution >= 4 is 33.0 Å². The molecule has 1 saturated heterocycles. The van der Waals surface area contributed by atoms with E-state index < -0.39 is 10.0 Å². The zero-order valence-electron chi connectivity index (χ0n) is 12.7. The van der Waals surface area contributed by atoms with E-state index in [0.29, 0.717) is 29.8 Å². The van der Waals surface area contributed by atoms with Crippen molar-refractivity contribution in [3.05, 3.63) is 45.6 Å². The van der Waals surface area contributed by atoms with Crippen LogP contribution in [0.3, 0.4) is 0 Å². The van der Waals surface area contributed by atoms with Crippen LogP contribution >= 0.6 is 22.9 Å². The summed E-state index contributed by atoms with van der Waals surface area (Å²) in [5.41, 5.74) is 0. The number of nitrogens with zero attached hydrogens (tertiary/aromatic N) is 1. The number of rotatable bonds is 4. The van der Waals surface area contributed by atoms with Crippen LogP contribution in [0.15, 0.2) is 40.6 Å². The summed E-state index contributed by atoms with van der Waals surface area (Å²) < 4.78 is 32.5. The molecule has 0 unspecified atom stereocenters. The van der Waals surface area contributed by atoms with E-state index in [1.54, 1.807) is 23.5 Å². The van der Waals surface area contributed by atoms with Gasteiger partial charge >= 0.3 is 0 Å². The SMILES string of the molecule is COc1ccc(Cl)cc1S(=O)(=O)N1CCC(c2cccs2)CC1. The third-order valence-electron chi connectivity index (χ3n) is 4.14. The number of benzene rings is 1. The molecule has 3 rings (SSSR count). The summed E-state index contributed by atoms with van der Waals surface area (Å²) in [6.45, 7) is 1.03. The Morgan fingerprint density at radius 3 is 2.61 bits per heavy atom. The molecule has 7 heteroatoms. The molecule has 0 spiro atoms. The molecule has 1 aliphatic rings. The molecule has 0 bridgehead atoms. The molecule has 1 fully saturated rings. The first-order valence-electron chi connectivity index (χ1n) is 7.39. The molecule has 0 N–H and O–H groups in total. The lowest BCUT2D eigenvalue weighted by atomic mass is 9.97. The van der Waals surface area contributed by atoms with Crippen molar-refractivity contribution in [1.29, 1.82) is 0 Å². The number of hydrogen-bond donors (Lipinski definition) is 0. The van der Waals surface area contributed by atoms with Gasteiger partial charge in [0.1, 0.15) is 10.6 Å². The second kappa shape index (κ2) is 6.81. The van der Waals surface area contributed by atoms with Crippen LogP contribution in [0.25, 0.3) is 0 Å². The Hall–Kier alpha value is -1.08. The number of methoxy groups -OCH3 is 1. The van der Waals surface area contributed by atoms with Crippen LogP contribution in [0.1, 0.15) is 23.6 Å². The predicted octanol–water partition coefficient (Wildman–Crippen LogP) is 3.98. The third-order valence-corrected chi connectivity index (χ3v) is 7.33. The standard InChI is InChI=1S/C16H18ClNO3S2/c1-21-14-5-4-13(17)11-16(14)23(19,20)18-8-6-12(7-9-18)15-3-2-10-22-15/h2-5,10-12H,6-9H2,1H3. The zero-order valence-corrected chi connectivity index (χ0v) is 15.1. The van der Waals surface area contributed by atoms with E-state index in [1.807, 2.05) is 6.07 Å². The topological polar surface area (TPSA) is 46.6 Å². The van der Waals surface area contributed by atoms with E-state index >= 15 is 0 Å². The van der Waals surface area contributed by atoms with Crippen LogP contribution in [0, 0.1) is 0 Å². The van der Waals surface area contributed by atoms with Gasteiger partial charge in [0.2, 0.25) is 10.0 Å². The fourth-order valence-electron chi connectivity index (χ4n) is 2.90. The lowest BCUT2D eigenvalue weighted by Gasteiger charge is -2.31.